The van der Waals surface area contributed by atoms with E-state index in [9.17, 15) is 24.6 Å². The molecule has 3 amide bonds. The minimum atomic E-state index is -1.44. The number of thiocarbonyl (C=S) groups is 1. The molecule has 9 N–H and O–H groups in total. The third-order valence-corrected chi connectivity index (χ3v) is 7.79. The minimum absolute atomic E-state index is 0.0879. The van der Waals surface area contributed by atoms with E-state index in [0.29, 0.717) is 51.0 Å². The van der Waals surface area contributed by atoms with Crippen molar-refractivity contribution in [2.45, 2.75) is 50.7 Å². The van der Waals surface area contributed by atoms with Gasteiger partial charge < -0.3 is 47.3 Å². The average molecular weight is 722 g/mol. The van der Waals surface area contributed by atoms with Gasteiger partial charge in [0, 0.05) is 32.6 Å². The van der Waals surface area contributed by atoms with Gasteiger partial charge in [-0.1, -0.05) is 40.2 Å². The van der Waals surface area contributed by atoms with Crippen LogP contribution in [-0.2, 0) is 32.0 Å². The van der Waals surface area contributed by atoms with Crippen LogP contribution in [-0.4, -0.2) is 102 Å². The molecule has 1 fully saturated rings. The number of nitrogens with two attached hydrogens (primary N) is 1. The molecule has 4 atom stereocenters. The van der Waals surface area contributed by atoms with Gasteiger partial charge >= 0.3 is 0 Å². The number of alkyl halides is 1. The Hall–Kier alpha value is -3.97. The lowest BCUT2D eigenvalue weighted by molar-refractivity contribution is -0.137. The number of aryl methyl sites for hydroxylation is 1. The van der Waals surface area contributed by atoms with E-state index >= 15 is 0 Å². The van der Waals surface area contributed by atoms with Crippen LogP contribution in [0.3, 0.4) is 0 Å². The lowest BCUT2D eigenvalue weighted by atomic mass is 10.1. The van der Waals surface area contributed by atoms with Crippen LogP contribution < -0.4 is 32.3 Å². The van der Waals surface area contributed by atoms with Gasteiger partial charge in [-0.3, -0.25) is 19.0 Å². The first-order valence-electron chi connectivity index (χ1n) is 14.6. The van der Waals surface area contributed by atoms with Crippen molar-refractivity contribution in [1.29, 1.82) is 0 Å². The number of amides is 3. The van der Waals surface area contributed by atoms with E-state index in [2.05, 4.69) is 57.5 Å². The van der Waals surface area contributed by atoms with Gasteiger partial charge in [0.05, 0.1) is 11.7 Å². The van der Waals surface area contributed by atoms with Crippen molar-refractivity contribution in [3.63, 3.8) is 0 Å². The van der Waals surface area contributed by atoms with Gasteiger partial charge in [0.2, 0.25) is 17.8 Å². The Morgan fingerprint density at radius 2 is 1.70 bits per heavy atom. The number of benzene rings is 1. The molecule has 248 valence electrons. The monoisotopic (exact) mass is 720 g/mol. The highest BCUT2D eigenvalue weighted by Gasteiger charge is 2.47. The molecule has 3 heterocycles. The highest BCUT2D eigenvalue weighted by Crippen LogP contribution is 2.32. The molecule has 1 aromatic carbocycles. The molecule has 0 spiro atoms. The molecule has 1 aliphatic heterocycles. The molecule has 3 aromatic rings. The van der Waals surface area contributed by atoms with E-state index < -0.39 is 30.4 Å². The number of carbonyl (C=O) groups is 3. The number of aromatic nitrogens is 4. The number of halogens is 1. The number of ether oxygens (including phenoxy) is 1. The quantitative estimate of drug-likeness (QED) is 0.0583. The normalized spacial score (nSPS) is 19.0. The van der Waals surface area contributed by atoms with Crippen molar-refractivity contribution in [3.05, 3.63) is 41.7 Å². The second kappa shape index (κ2) is 16.5. The number of imidazole rings is 1. The van der Waals surface area contributed by atoms with E-state index in [1.54, 1.807) is 6.92 Å². The van der Waals surface area contributed by atoms with Crippen molar-refractivity contribution >= 4 is 73.9 Å². The Balaban J connectivity index is 1.24. The molecule has 0 aliphatic carbocycles. The number of aliphatic hydroxyl groups excluding tert-OH is 2. The summed E-state index contributed by atoms with van der Waals surface area (Å²) in [5.74, 6) is -0.513. The summed E-state index contributed by atoms with van der Waals surface area (Å²) < 4.78 is 7.12. The predicted molar refractivity (Wildman–Crippen MR) is 177 cm³/mol. The number of nitrogens with one attached hydrogen (secondary N) is 5. The van der Waals surface area contributed by atoms with E-state index in [0.717, 1.165) is 11.1 Å². The smallest absolute Gasteiger partial charge is 0.252 e. The second-order valence-electron chi connectivity index (χ2n) is 10.4. The number of hydrogen-bond acceptors (Lipinski definition) is 12. The number of carbonyl (C=O) groups excluding carboxylic acids is 3. The summed E-state index contributed by atoms with van der Waals surface area (Å²) in [5.41, 5.74) is 8.77. The summed E-state index contributed by atoms with van der Waals surface area (Å²) in [6.07, 6.45) is -2.27. The number of anilines is 2. The van der Waals surface area contributed by atoms with E-state index in [1.165, 1.54) is 10.9 Å². The average Bonchev–Trinajstić information content (AvgIpc) is 3.59. The second-order valence-corrected chi connectivity index (χ2v) is 11.3. The zero-order valence-corrected chi connectivity index (χ0v) is 27.4. The maximum atomic E-state index is 12.3. The standard InChI is InChI=1S/C28H37BrN10O6S/c1-2-31-25(44)22-20(42)21(43)26(45-22)39-14-35-19-23(30)37-27(38-24(19)39)33-10-9-16-5-3-15(4-6-16)7-8-17(40)32-11-12-34-28(46)36-18(41)13-29/h3-6,14,20-22,26,42-43H,2,7-13H2,1H3,(H,31,44)(H,32,40)(H3,30,33,37,38)(H2,34,36,41,46)/t20-,21+,22-,26+/m0/s1. The number of nitrogens with zero attached hydrogens (tertiary/aromatic N) is 4. The van der Waals surface area contributed by atoms with Crippen LogP contribution in [0.2, 0.25) is 0 Å². The van der Waals surface area contributed by atoms with Gasteiger partial charge in [0.1, 0.15) is 17.7 Å². The Kier molecular flexibility index (Phi) is 12.6. The number of aliphatic hydroxyl groups is 2. The Labute approximate surface area is 278 Å². The fraction of sp³-hybridized carbons (Fsp3) is 0.464. The van der Waals surface area contributed by atoms with Crippen molar-refractivity contribution in [2.24, 2.45) is 0 Å². The summed E-state index contributed by atoms with van der Waals surface area (Å²) in [7, 11) is 0. The van der Waals surface area contributed by atoms with Crippen LogP contribution in [0.15, 0.2) is 30.6 Å². The molecule has 16 nitrogen and oxygen atoms in total. The van der Waals surface area contributed by atoms with Gasteiger partial charge in [-0.15, -0.1) is 0 Å². The highest BCUT2D eigenvalue weighted by molar-refractivity contribution is 9.09. The van der Waals surface area contributed by atoms with Gasteiger partial charge in [-0.25, -0.2) is 4.98 Å². The van der Waals surface area contributed by atoms with Crippen LogP contribution in [0.4, 0.5) is 11.8 Å². The molecule has 18 heteroatoms. The third-order valence-electron chi connectivity index (χ3n) is 7.04. The zero-order valence-electron chi connectivity index (χ0n) is 25.0. The highest BCUT2D eigenvalue weighted by atomic mass is 79.9. The van der Waals surface area contributed by atoms with Gasteiger partial charge in [0.25, 0.3) is 5.91 Å². The number of nitrogen functional groups attached to an aromatic ring is 1. The van der Waals surface area contributed by atoms with Crippen LogP contribution in [0.1, 0.15) is 30.7 Å². The minimum Gasteiger partial charge on any atom is -0.387 e. The Morgan fingerprint density at radius 1 is 1.00 bits per heavy atom. The topological polar surface area (TPSA) is 231 Å². The number of rotatable bonds is 14. The van der Waals surface area contributed by atoms with Crippen molar-refractivity contribution < 1.29 is 29.3 Å². The summed E-state index contributed by atoms with van der Waals surface area (Å²) in [6.45, 7) is 3.34. The first-order chi connectivity index (χ1) is 22.1. The first kappa shape index (κ1) is 34.9. The van der Waals surface area contributed by atoms with E-state index in [4.69, 9.17) is 22.7 Å². The molecule has 0 bridgehead atoms. The summed E-state index contributed by atoms with van der Waals surface area (Å²) in [6, 6.07) is 7.93. The maximum absolute atomic E-state index is 12.3. The van der Waals surface area contributed by atoms with Crippen molar-refractivity contribution in [3.8, 4) is 0 Å². The van der Waals surface area contributed by atoms with E-state index in [1.807, 2.05) is 24.3 Å². The van der Waals surface area contributed by atoms with Gasteiger partial charge in [-0.2, -0.15) is 9.97 Å². The molecular weight excluding hydrogens is 684 g/mol. The lowest BCUT2D eigenvalue weighted by Crippen LogP contribution is -2.42. The van der Waals surface area contributed by atoms with Crippen molar-refractivity contribution in [2.75, 3.05) is 42.6 Å². The molecule has 46 heavy (non-hydrogen) atoms. The summed E-state index contributed by atoms with van der Waals surface area (Å²) >= 11 is 8.03. The summed E-state index contributed by atoms with van der Waals surface area (Å²) in [5, 5.41) is 35.3. The fourth-order valence-corrected chi connectivity index (χ4v) is 5.06. The maximum Gasteiger partial charge on any atom is 0.252 e. The fourth-order valence-electron chi connectivity index (χ4n) is 4.70. The van der Waals surface area contributed by atoms with E-state index in [-0.39, 0.29) is 39.7 Å². The molecule has 1 aliphatic rings. The Bertz CT molecular complexity index is 1540. The predicted octanol–water partition coefficient (Wildman–Crippen LogP) is -0.747. The van der Waals surface area contributed by atoms with Crippen LogP contribution in [0.25, 0.3) is 11.2 Å². The van der Waals surface area contributed by atoms with Gasteiger partial charge in [0.15, 0.2) is 28.9 Å². The number of fused-ring (bicyclic) bond motifs is 1. The lowest BCUT2D eigenvalue weighted by Gasteiger charge is -2.16. The van der Waals surface area contributed by atoms with Gasteiger partial charge in [-0.05, 0) is 43.1 Å². The zero-order chi connectivity index (χ0) is 33.2. The first-order valence-corrected chi connectivity index (χ1v) is 16.2. The molecular formula is C28H37BrN10O6S. The molecule has 2 aromatic heterocycles. The van der Waals surface area contributed by atoms with Crippen LogP contribution in [0.5, 0.6) is 0 Å². The molecule has 0 saturated carbocycles. The third kappa shape index (κ3) is 9.06. The molecule has 1 saturated heterocycles. The largest absolute Gasteiger partial charge is 0.387 e. The molecule has 0 unspecified atom stereocenters. The number of likely N-dealkylation sites (N-methyl/N-ethyl adjacent to an activating group) is 1. The van der Waals surface area contributed by atoms with Crippen LogP contribution in [0, 0.1) is 0 Å². The summed E-state index contributed by atoms with van der Waals surface area (Å²) in [4.78, 5) is 48.7. The number of hydrogen-bond donors (Lipinski definition) is 8. The molecule has 4 rings (SSSR count). The Morgan fingerprint density at radius 3 is 2.39 bits per heavy atom. The van der Waals surface area contributed by atoms with Crippen molar-refractivity contribution in [1.82, 2.24) is 40.8 Å². The van der Waals surface area contributed by atoms with Crippen LogP contribution >= 0.6 is 28.1 Å². The SMILES string of the molecule is CCNC(=O)[C@H]1O[C@@H](n2cnc3c(N)nc(NCCc4ccc(CCC(=O)NCCNC(=S)NC(=O)CBr)cc4)nc32)[C@H](O)[C@@H]1O. The molecule has 0 radical (unpaired) electrons.